The predicted molar refractivity (Wildman–Crippen MR) is 118 cm³/mol. The van der Waals surface area contributed by atoms with Crippen molar-refractivity contribution < 1.29 is 34.1 Å². The molecule has 2 atom stereocenters. The number of benzene rings is 2. The molecule has 2 aromatic carbocycles. The van der Waals surface area contributed by atoms with Gasteiger partial charge in [-0.25, -0.2) is 10.3 Å². The summed E-state index contributed by atoms with van der Waals surface area (Å²) in [5.41, 5.74) is 3.06. The van der Waals surface area contributed by atoms with Gasteiger partial charge in [-0.15, -0.1) is 0 Å². The van der Waals surface area contributed by atoms with E-state index in [-0.39, 0.29) is 18.8 Å². The first-order valence-electron chi connectivity index (χ1n) is 9.96. The van der Waals surface area contributed by atoms with Crippen molar-refractivity contribution in [3.8, 4) is 11.5 Å². The maximum atomic E-state index is 12.6. The van der Waals surface area contributed by atoms with Gasteiger partial charge in [-0.1, -0.05) is 25.1 Å². The minimum atomic E-state index is -0.735. The molecule has 0 fully saturated rings. The van der Waals surface area contributed by atoms with Crippen LogP contribution in [0.3, 0.4) is 0 Å². The van der Waals surface area contributed by atoms with E-state index in [1.807, 2.05) is 0 Å². The summed E-state index contributed by atoms with van der Waals surface area (Å²) >= 11 is 0. The third-order valence-corrected chi connectivity index (χ3v) is 4.59. The standard InChI is InChI=1S/C23H28N2O7/c1-15(14-16(2)22(27)25-29)21(17-4-8-20(9-5-17)31-13-12-26)32-23(28)24-18-6-10-19(30-3)11-7-18/h4-11,14-15,21,26,29H,12-13H2,1-3H3,(H,24,28)(H,25,27)/b16-14+/t15-,21-/m1/s1. The summed E-state index contributed by atoms with van der Waals surface area (Å²) in [5, 5.41) is 20.4. The summed E-state index contributed by atoms with van der Waals surface area (Å²) in [6, 6.07) is 13.7. The lowest BCUT2D eigenvalue weighted by atomic mass is 9.95. The van der Waals surface area contributed by atoms with Crippen LogP contribution in [0.1, 0.15) is 25.5 Å². The fourth-order valence-corrected chi connectivity index (χ4v) is 2.98. The normalized spacial score (nSPS) is 13.0. The van der Waals surface area contributed by atoms with Gasteiger partial charge in [0.25, 0.3) is 5.91 Å². The lowest BCUT2D eigenvalue weighted by Crippen LogP contribution is -2.23. The molecule has 4 N–H and O–H groups in total. The molecule has 172 valence electrons. The second-order valence-corrected chi connectivity index (χ2v) is 6.97. The molecule has 0 saturated carbocycles. The first-order chi connectivity index (χ1) is 15.4. The Morgan fingerprint density at radius 1 is 1.06 bits per heavy atom. The van der Waals surface area contributed by atoms with Crippen LogP contribution in [0.2, 0.25) is 0 Å². The SMILES string of the molecule is COc1ccc(NC(=O)O[C@@H](c2ccc(OCCO)cc2)[C@H](C)/C=C(\C)C(=O)NO)cc1. The largest absolute Gasteiger partial charge is 0.497 e. The van der Waals surface area contributed by atoms with Gasteiger partial charge in [0.2, 0.25) is 0 Å². The molecule has 9 nitrogen and oxygen atoms in total. The Hall–Kier alpha value is -3.56. The summed E-state index contributed by atoms with van der Waals surface area (Å²) in [5.74, 6) is 0.161. The molecule has 0 aromatic heterocycles. The Labute approximate surface area is 186 Å². The number of anilines is 1. The summed E-state index contributed by atoms with van der Waals surface area (Å²) in [7, 11) is 1.55. The van der Waals surface area contributed by atoms with E-state index in [4.69, 9.17) is 24.5 Å². The van der Waals surface area contributed by atoms with Crippen LogP contribution in [0.25, 0.3) is 0 Å². The quantitative estimate of drug-likeness (QED) is 0.251. The molecule has 32 heavy (non-hydrogen) atoms. The van der Waals surface area contributed by atoms with Crippen molar-refractivity contribution in [1.82, 2.24) is 5.48 Å². The number of nitrogens with one attached hydrogen (secondary N) is 2. The molecule has 2 aromatic rings. The molecule has 0 heterocycles. The van der Waals surface area contributed by atoms with Crippen molar-refractivity contribution in [3.05, 3.63) is 65.7 Å². The summed E-state index contributed by atoms with van der Waals surface area (Å²) < 4.78 is 16.2. The molecular weight excluding hydrogens is 416 g/mol. The maximum absolute atomic E-state index is 12.6. The molecule has 0 bridgehead atoms. The van der Waals surface area contributed by atoms with Gasteiger partial charge in [-0.3, -0.25) is 15.3 Å². The Balaban J connectivity index is 2.22. The molecule has 0 spiro atoms. The highest BCUT2D eigenvalue weighted by Crippen LogP contribution is 2.30. The van der Waals surface area contributed by atoms with E-state index in [2.05, 4.69) is 5.32 Å². The second-order valence-electron chi connectivity index (χ2n) is 6.97. The number of hydroxylamine groups is 1. The minimum absolute atomic E-state index is 0.104. The molecule has 0 radical (unpaired) electrons. The van der Waals surface area contributed by atoms with Crippen LogP contribution < -0.4 is 20.3 Å². The van der Waals surface area contributed by atoms with E-state index < -0.39 is 24.0 Å². The van der Waals surface area contributed by atoms with Crippen LogP contribution in [-0.2, 0) is 9.53 Å². The summed E-state index contributed by atoms with van der Waals surface area (Å²) in [6.07, 6.45) is 0.194. The van der Waals surface area contributed by atoms with E-state index in [0.29, 0.717) is 22.7 Å². The number of hydrogen-bond donors (Lipinski definition) is 4. The Bertz CT molecular complexity index is 911. The number of carbonyl (C=O) groups excluding carboxylic acids is 2. The highest BCUT2D eigenvalue weighted by Gasteiger charge is 2.23. The number of methoxy groups -OCH3 is 1. The average molecular weight is 444 g/mol. The van der Waals surface area contributed by atoms with E-state index >= 15 is 0 Å². The van der Waals surface area contributed by atoms with E-state index in [0.717, 1.165) is 0 Å². The van der Waals surface area contributed by atoms with Crippen molar-refractivity contribution in [2.75, 3.05) is 25.6 Å². The van der Waals surface area contributed by atoms with Crippen LogP contribution in [0.4, 0.5) is 10.5 Å². The average Bonchev–Trinajstić information content (AvgIpc) is 2.81. The maximum Gasteiger partial charge on any atom is 0.412 e. The van der Waals surface area contributed by atoms with Crippen molar-refractivity contribution in [3.63, 3.8) is 0 Å². The highest BCUT2D eigenvalue weighted by atomic mass is 16.6. The van der Waals surface area contributed by atoms with Crippen LogP contribution in [0, 0.1) is 5.92 Å². The van der Waals surface area contributed by atoms with Crippen molar-refractivity contribution in [1.29, 1.82) is 0 Å². The van der Waals surface area contributed by atoms with Crippen LogP contribution in [0.15, 0.2) is 60.2 Å². The molecular formula is C23H28N2O7. The molecule has 2 amide bonds. The first-order valence-corrected chi connectivity index (χ1v) is 9.96. The van der Waals surface area contributed by atoms with Crippen LogP contribution >= 0.6 is 0 Å². The molecule has 2 rings (SSSR count). The number of hydrogen-bond acceptors (Lipinski definition) is 7. The first kappa shape index (κ1) is 24.7. The van der Waals surface area contributed by atoms with Gasteiger partial charge in [0.05, 0.1) is 13.7 Å². The van der Waals surface area contributed by atoms with Crippen LogP contribution in [-0.4, -0.2) is 42.6 Å². The number of ether oxygens (including phenoxy) is 3. The Morgan fingerprint density at radius 3 is 2.25 bits per heavy atom. The van der Waals surface area contributed by atoms with Gasteiger partial charge in [-0.2, -0.15) is 0 Å². The fraction of sp³-hybridized carbons (Fsp3) is 0.304. The minimum Gasteiger partial charge on any atom is -0.497 e. The van der Waals surface area contributed by atoms with Gasteiger partial charge in [0.1, 0.15) is 24.2 Å². The number of rotatable bonds is 10. The Morgan fingerprint density at radius 2 is 1.69 bits per heavy atom. The van der Waals surface area contributed by atoms with Gasteiger partial charge in [0, 0.05) is 17.2 Å². The topological polar surface area (TPSA) is 126 Å². The molecule has 9 heteroatoms. The number of aliphatic hydroxyl groups excluding tert-OH is 1. The number of carbonyl (C=O) groups is 2. The van der Waals surface area contributed by atoms with E-state index in [1.165, 1.54) is 0 Å². The molecule has 0 aliphatic heterocycles. The van der Waals surface area contributed by atoms with Crippen molar-refractivity contribution >= 4 is 17.7 Å². The fourth-order valence-electron chi connectivity index (χ4n) is 2.98. The number of aliphatic hydroxyl groups is 1. The highest BCUT2D eigenvalue weighted by molar-refractivity contribution is 5.91. The third kappa shape index (κ3) is 7.29. The van der Waals surface area contributed by atoms with Crippen molar-refractivity contribution in [2.45, 2.75) is 20.0 Å². The lowest BCUT2D eigenvalue weighted by Gasteiger charge is -2.23. The zero-order valence-electron chi connectivity index (χ0n) is 18.2. The summed E-state index contributed by atoms with van der Waals surface area (Å²) in [4.78, 5) is 24.3. The van der Waals surface area contributed by atoms with Gasteiger partial charge >= 0.3 is 6.09 Å². The number of amides is 2. The molecule has 0 aliphatic carbocycles. The summed E-state index contributed by atoms with van der Waals surface area (Å²) in [6.45, 7) is 3.39. The van der Waals surface area contributed by atoms with Gasteiger partial charge in [0.15, 0.2) is 0 Å². The predicted octanol–water partition coefficient (Wildman–Crippen LogP) is 3.44. The van der Waals surface area contributed by atoms with Crippen LogP contribution in [0.5, 0.6) is 11.5 Å². The zero-order chi connectivity index (χ0) is 23.5. The van der Waals surface area contributed by atoms with E-state index in [1.54, 1.807) is 81.0 Å². The van der Waals surface area contributed by atoms with Gasteiger partial charge < -0.3 is 19.3 Å². The van der Waals surface area contributed by atoms with Gasteiger partial charge in [-0.05, 0) is 48.9 Å². The third-order valence-electron chi connectivity index (χ3n) is 4.59. The lowest BCUT2D eigenvalue weighted by molar-refractivity contribution is -0.125. The Kier molecular flexibility index (Phi) is 9.52. The van der Waals surface area contributed by atoms with Crippen molar-refractivity contribution in [2.24, 2.45) is 5.92 Å². The molecule has 0 unspecified atom stereocenters. The second kappa shape index (κ2) is 12.3. The molecule has 0 aliphatic rings. The molecule has 0 saturated heterocycles. The smallest absolute Gasteiger partial charge is 0.412 e. The van der Waals surface area contributed by atoms with E-state index in [9.17, 15) is 9.59 Å². The zero-order valence-corrected chi connectivity index (χ0v) is 18.2. The monoisotopic (exact) mass is 444 g/mol.